The number of nitrogens with two attached hydrogens (primary N) is 1. The van der Waals surface area contributed by atoms with E-state index in [-0.39, 0.29) is 0 Å². The summed E-state index contributed by atoms with van der Waals surface area (Å²) in [7, 11) is 0. The third-order valence-electron chi connectivity index (χ3n) is 2.69. The van der Waals surface area contributed by atoms with E-state index in [1.54, 1.807) is 6.07 Å². The predicted octanol–water partition coefficient (Wildman–Crippen LogP) is 2.25. The normalized spacial score (nSPS) is 17.6. The molecule has 1 aromatic heterocycles. The first-order valence-electron chi connectivity index (χ1n) is 5.03. The van der Waals surface area contributed by atoms with Crippen molar-refractivity contribution in [3.8, 4) is 0 Å². The quantitative estimate of drug-likeness (QED) is 0.764. The zero-order valence-corrected chi connectivity index (χ0v) is 8.80. The van der Waals surface area contributed by atoms with E-state index in [1.807, 2.05) is 0 Å². The first-order valence-corrected chi connectivity index (χ1v) is 5.41. The maximum absolute atomic E-state index is 5.90. The number of rotatable bonds is 2. The van der Waals surface area contributed by atoms with Gasteiger partial charge >= 0.3 is 0 Å². The molecule has 1 fully saturated rings. The highest BCUT2D eigenvalue weighted by Gasteiger charge is 2.20. The number of nitrogens with zero attached hydrogens (tertiary/aromatic N) is 2. The fourth-order valence-electron chi connectivity index (χ4n) is 1.95. The standard InChI is InChI=1S/C10H14ClN3/c11-9-5-8(6-12)13-10(14-9)7-3-1-2-4-7/h5,7H,1-4,6,12H2. The lowest BCUT2D eigenvalue weighted by Gasteiger charge is -2.08. The molecule has 14 heavy (non-hydrogen) atoms. The summed E-state index contributed by atoms with van der Waals surface area (Å²) in [6.45, 7) is 0.432. The van der Waals surface area contributed by atoms with Crippen LogP contribution in [0.1, 0.15) is 43.1 Å². The second kappa shape index (κ2) is 4.24. The zero-order valence-electron chi connectivity index (χ0n) is 8.04. The average molecular weight is 212 g/mol. The van der Waals surface area contributed by atoms with Gasteiger partial charge in [0.1, 0.15) is 11.0 Å². The molecule has 2 rings (SSSR count). The maximum Gasteiger partial charge on any atom is 0.133 e. The van der Waals surface area contributed by atoms with Crippen molar-refractivity contribution in [2.45, 2.75) is 38.1 Å². The minimum Gasteiger partial charge on any atom is -0.325 e. The molecule has 1 aliphatic carbocycles. The average Bonchev–Trinajstić information content (AvgIpc) is 2.69. The van der Waals surface area contributed by atoms with Crippen LogP contribution in [0.2, 0.25) is 5.15 Å². The minimum atomic E-state index is 0.432. The molecule has 0 aliphatic heterocycles. The number of halogens is 1. The number of hydrogen-bond donors (Lipinski definition) is 1. The summed E-state index contributed by atoms with van der Waals surface area (Å²) >= 11 is 5.90. The molecular formula is C10H14ClN3. The molecular weight excluding hydrogens is 198 g/mol. The molecule has 2 N–H and O–H groups in total. The van der Waals surface area contributed by atoms with Gasteiger partial charge in [0.15, 0.2) is 0 Å². The van der Waals surface area contributed by atoms with Crippen molar-refractivity contribution >= 4 is 11.6 Å². The van der Waals surface area contributed by atoms with Gasteiger partial charge in [0.2, 0.25) is 0 Å². The van der Waals surface area contributed by atoms with Crippen LogP contribution in [-0.4, -0.2) is 9.97 Å². The summed E-state index contributed by atoms with van der Waals surface area (Å²) in [6.07, 6.45) is 4.92. The van der Waals surface area contributed by atoms with Gasteiger partial charge in [-0.25, -0.2) is 9.97 Å². The number of hydrogen-bond acceptors (Lipinski definition) is 3. The monoisotopic (exact) mass is 211 g/mol. The molecule has 0 aromatic carbocycles. The van der Waals surface area contributed by atoms with Crippen molar-refractivity contribution < 1.29 is 0 Å². The Balaban J connectivity index is 2.27. The lowest BCUT2D eigenvalue weighted by molar-refractivity contribution is 0.660. The lowest BCUT2D eigenvalue weighted by Crippen LogP contribution is -2.07. The molecule has 76 valence electrons. The van der Waals surface area contributed by atoms with Crippen molar-refractivity contribution in [1.82, 2.24) is 9.97 Å². The van der Waals surface area contributed by atoms with Crippen LogP contribution in [0.15, 0.2) is 6.07 Å². The Morgan fingerprint density at radius 2 is 2.07 bits per heavy atom. The molecule has 3 nitrogen and oxygen atoms in total. The van der Waals surface area contributed by atoms with E-state index in [2.05, 4.69) is 9.97 Å². The molecule has 4 heteroatoms. The Morgan fingerprint density at radius 1 is 1.36 bits per heavy atom. The van der Waals surface area contributed by atoms with Crippen LogP contribution in [0.25, 0.3) is 0 Å². The lowest BCUT2D eigenvalue weighted by atomic mass is 10.1. The fraction of sp³-hybridized carbons (Fsp3) is 0.600. The largest absolute Gasteiger partial charge is 0.325 e. The second-order valence-corrected chi connectivity index (χ2v) is 4.11. The van der Waals surface area contributed by atoms with Crippen molar-refractivity contribution in [3.63, 3.8) is 0 Å². The van der Waals surface area contributed by atoms with Gasteiger partial charge in [-0.15, -0.1) is 0 Å². The van der Waals surface area contributed by atoms with E-state index in [4.69, 9.17) is 17.3 Å². The van der Waals surface area contributed by atoms with E-state index in [0.29, 0.717) is 17.6 Å². The SMILES string of the molecule is NCc1cc(Cl)nc(C2CCCC2)n1. The Hall–Kier alpha value is -0.670. The third-order valence-corrected chi connectivity index (χ3v) is 2.89. The second-order valence-electron chi connectivity index (χ2n) is 3.73. The zero-order chi connectivity index (χ0) is 9.97. The first-order chi connectivity index (χ1) is 6.79. The van der Waals surface area contributed by atoms with Gasteiger partial charge in [0, 0.05) is 12.5 Å². The van der Waals surface area contributed by atoms with Crippen molar-refractivity contribution in [2.75, 3.05) is 0 Å². The highest BCUT2D eigenvalue weighted by atomic mass is 35.5. The number of aromatic nitrogens is 2. The molecule has 0 bridgehead atoms. The topological polar surface area (TPSA) is 51.8 Å². The van der Waals surface area contributed by atoms with E-state index in [0.717, 1.165) is 11.5 Å². The van der Waals surface area contributed by atoms with Crippen LogP contribution in [0, 0.1) is 0 Å². The summed E-state index contributed by atoms with van der Waals surface area (Å²) in [5.41, 5.74) is 6.38. The van der Waals surface area contributed by atoms with Crippen LogP contribution in [0.5, 0.6) is 0 Å². The van der Waals surface area contributed by atoms with Gasteiger partial charge in [0.05, 0.1) is 5.69 Å². The van der Waals surface area contributed by atoms with E-state index >= 15 is 0 Å². The van der Waals surface area contributed by atoms with Crippen LogP contribution in [0.4, 0.5) is 0 Å². The predicted molar refractivity (Wildman–Crippen MR) is 56.1 cm³/mol. The van der Waals surface area contributed by atoms with E-state index in [9.17, 15) is 0 Å². The van der Waals surface area contributed by atoms with Gasteiger partial charge in [-0.3, -0.25) is 0 Å². The fourth-order valence-corrected chi connectivity index (χ4v) is 2.17. The Bertz CT molecular complexity index is 321. The Kier molecular flexibility index (Phi) is 2.99. The van der Waals surface area contributed by atoms with Gasteiger partial charge in [-0.1, -0.05) is 24.4 Å². The molecule has 0 atom stereocenters. The third kappa shape index (κ3) is 2.04. The summed E-state index contributed by atoms with van der Waals surface area (Å²) < 4.78 is 0. The highest BCUT2D eigenvalue weighted by molar-refractivity contribution is 6.29. The molecule has 1 heterocycles. The van der Waals surface area contributed by atoms with Gasteiger partial charge in [-0.2, -0.15) is 0 Å². The first kappa shape index (κ1) is 9.87. The molecule has 0 amide bonds. The Labute approximate surface area is 88.7 Å². The molecule has 1 aliphatic rings. The van der Waals surface area contributed by atoms with Crippen molar-refractivity contribution in [1.29, 1.82) is 0 Å². The van der Waals surface area contributed by atoms with Gasteiger partial charge < -0.3 is 5.73 Å². The van der Waals surface area contributed by atoms with Crippen LogP contribution in [0.3, 0.4) is 0 Å². The summed E-state index contributed by atoms with van der Waals surface area (Å²) in [5, 5.41) is 0.516. The van der Waals surface area contributed by atoms with Gasteiger partial charge in [-0.05, 0) is 18.9 Å². The smallest absolute Gasteiger partial charge is 0.133 e. The summed E-state index contributed by atoms with van der Waals surface area (Å²) in [5.74, 6) is 1.38. The Morgan fingerprint density at radius 3 is 2.71 bits per heavy atom. The van der Waals surface area contributed by atoms with Crippen LogP contribution >= 0.6 is 11.6 Å². The minimum absolute atomic E-state index is 0.432. The molecule has 0 saturated heterocycles. The summed E-state index contributed by atoms with van der Waals surface area (Å²) in [6, 6.07) is 1.74. The van der Waals surface area contributed by atoms with E-state index in [1.165, 1.54) is 25.7 Å². The molecule has 0 unspecified atom stereocenters. The van der Waals surface area contributed by atoms with Gasteiger partial charge in [0.25, 0.3) is 0 Å². The highest BCUT2D eigenvalue weighted by Crippen LogP contribution is 2.32. The van der Waals surface area contributed by atoms with Crippen molar-refractivity contribution in [2.24, 2.45) is 5.73 Å². The van der Waals surface area contributed by atoms with Crippen LogP contribution in [-0.2, 0) is 6.54 Å². The van der Waals surface area contributed by atoms with Crippen LogP contribution < -0.4 is 5.73 Å². The molecule has 1 aromatic rings. The maximum atomic E-state index is 5.90. The molecule has 0 spiro atoms. The molecule has 1 saturated carbocycles. The van der Waals surface area contributed by atoms with E-state index < -0.39 is 0 Å². The summed E-state index contributed by atoms with van der Waals surface area (Å²) in [4.78, 5) is 8.68. The molecule has 0 radical (unpaired) electrons. The van der Waals surface area contributed by atoms with Crippen molar-refractivity contribution in [3.05, 3.63) is 22.7 Å².